The molecule has 0 saturated heterocycles. The summed E-state index contributed by atoms with van der Waals surface area (Å²) >= 11 is 0. The second kappa shape index (κ2) is 31.1. The van der Waals surface area contributed by atoms with Gasteiger partial charge in [0.05, 0.1) is 26.2 Å². The van der Waals surface area contributed by atoms with E-state index in [0.717, 1.165) is 69.2 Å². The third-order valence-corrected chi connectivity index (χ3v) is 8.95. The summed E-state index contributed by atoms with van der Waals surface area (Å²) in [5.74, 6) is -2.57. The van der Waals surface area contributed by atoms with Gasteiger partial charge in [-0.15, -0.1) is 0 Å². The SMILES string of the molecule is CCCCCCCCCCCCCC/C=C/CCCCCC[N+](CCCCC(=O)[O-])(CCCCC(=O)O)CCCCC(=O)O. The van der Waals surface area contributed by atoms with Crippen molar-refractivity contribution >= 4 is 17.9 Å². The van der Waals surface area contributed by atoms with Gasteiger partial charge < -0.3 is 24.6 Å². The highest BCUT2D eigenvalue weighted by Gasteiger charge is 2.26. The molecule has 0 bridgehead atoms. The van der Waals surface area contributed by atoms with Crippen LogP contribution in [0, 0.1) is 0 Å². The molecule has 0 atom stereocenters. The fourth-order valence-corrected chi connectivity index (χ4v) is 6.24. The topological polar surface area (TPSA) is 115 Å². The van der Waals surface area contributed by atoms with Crippen molar-refractivity contribution < 1.29 is 34.2 Å². The first-order chi connectivity index (χ1) is 21.3. The van der Waals surface area contributed by atoms with Crippen molar-refractivity contribution in [3.63, 3.8) is 0 Å². The highest BCUT2D eigenvalue weighted by molar-refractivity contribution is 5.66. The lowest BCUT2D eigenvalue weighted by molar-refractivity contribution is -0.929. The summed E-state index contributed by atoms with van der Waals surface area (Å²) in [6.45, 7) is 5.85. The second-order valence-corrected chi connectivity index (χ2v) is 13.1. The van der Waals surface area contributed by atoms with E-state index in [2.05, 4.69) is 19.1 Å². The number of hydrogen-bond acceptors (Lipinski definition) is 4. The van der Waals surface area contributed by atoms with Crippen LogP contribution in [-0.2, 0) is 14.4 Å². The Morgan fingerprint density at radius 3 is 1.16 bits per heavy atom. The fourth-order valence-electron chi connectivity index (χ4n) is 6.24. The van der Waals surface area contributed by atoms with Crippen molar-refractivity contribution in [3.8, 4) is 0 Å². The Morgan fingerprint density at radius 1 is 0.477 bits per heavy atom. The molecule has 44 heavy (non-hydrogen) atoms. The smallest absolute Gasteiger partial charge is 0.303 e. The van der Waals surface area contributed by atoms with Gasteiger partial charge in [-0.1, -0.05) is 96.1 Å². The highest BCUT2D eigenvalue weighted by Crippen LogP contribution is 2.19. The number of rotatable bonds is 35. The molecule has 0 aromatic carbocycles. The third-order valence-electron chi connectivity index (χ3n) is 8.95. The van der Waals surface area contributed by atoms with E-state index in [1.807, 2.05) is 0 Å². The van der Waals surface area contributed by atoms with Crippen LogP contribution in [0.4, 0.5) is 0 Å². The van der Waals surface area contributed by atoms with Crippen molar-refractivity contribution in [2.75, 3.05) is 26.2 Å². The Kier molecular flexibility index (Phi) is 29.8. The summed E-state index contributed by atoms with van der Waals surface area (Å²) < 4.78 is 0.839. The first-order valence-electron chi connectivity index (χ1n) is 18.4. The maximum atomic E-state index is 11.0. The van der Waals surface area contributed by atoms with E-state index in [-0.39, 0.29) is 19.3 Å². The van der Waals surface area contributed by atoms with Crippen LogP contribution in [0.5, 0.6) is 0 Å². The molecule has 0 aliphatic rings. The molecule has 0 amide bonds. The van der Waals surface area contributed by atoms with Gasteiger partial charge in [-0.25, -0.2) is 0 Å². The molecule has 0 saturated carbocycles. The maximum Gasteiger partial charge on any atom is 0.303 e. The number of carboxylic acid groups (broad SMARTS) is 3. The van der Waals surface area contributed by atoms with Gasteiger partial charge in [-0.3, -0.25) is 9.59 Å². The van der Waals surface area contributed by atoms with Gasteiger partial charge in [-0.05, 0) is 83.5 Å². The number of carbonyl (C=O) groups excluding carboxylic acids is 1. The van der Waals surface area contributed by atoms with Crippen LogP contribution in [-0.4, -0.2) is 58.8 Å². The Balaban J connectivity index is 4.28. The molecule has 0 fully saturated rings. The van der Waals surface area contributed by atoms with Crippen molar-refractivity contribution in [1.29, 1.82) is 0 Å². The Hall–Kier alpha value is -1.89. The minimum absolute atomic E-state index is 0.0604. The van der Waals surface area contributed by atoms with E-state index in [4.69, 9.17) is 10.2 Å². The van der Waals surface area contributed by atoms with Crippen molar-refractivity contribution in [2.24, 2.45) is 0 Å². The second-order valence-electron chi connectivity index (χ2n) is 13.1. The summed E-state index contributed by atoms with van der Waals surface area (Å²) in [5.41, 5.74) is 0. The minimum atomic E-state index is -1.02. The largest absolute Gasteiger partial charge is 0.550 e. The molecule has 0 radical (unpaired) electrons. The van der Waals surface area contributed by atoms with Crippen LogP contribution in [0.3, 0.4) is 0 Å². The molecular weight excluding hydrogens is 554 g/mol. The number of carbonyl (C=O) groups is 3. The summed E-state index contributed by atoms with van der Waals surface area (Å²) in [6, 6.07) is 0. The zero-order valence-electron chi connectivity index (χ0n) is 28.5. The van der Waals surface area contributed by atoms with E-state index in [1.54, 1.807) is 0 Å². The lowest BCUT2D eigenvalue weighted by Gasteiger charge is -2.39. The molecule has 0 aromatic heterocycles. The summed E-state index contributed by atoms with van der Waals surface area (Å²) in [7, 11) is 0. The first kappa shape index (κ1) is 42.1. The lowest BCUT2D eigenvalue weighted by Crippen LogP contribution is -2.51. The van der Waals surface area contributed by atoms with Gasteiger partial charge in [0.2, 0.25) is 0 Å². The maximum absolute atomic E-state index is 11.0. The summed E-state index contributed by atoms with van der Waals surface area (Å²) in [4.78, 5) is 32.9. The molecular formula is C37H69NO6. The van der Waals surface area contributed by atoms with E-state index in [0.29, 0.717) is 19.3 Å². The third kappa shape index (κ3) is 30.1. The predicted octanol–water partition coefficient (Wildman–Crippen LogP) is 8.83. The number of unbranched alkanes of at least 4 members (excludes halogenated alkanes) is 19. The molecule has 0 heterocycles. The number of quaternary nitrogens is 1. The molecule has 0 aromatic rings. The molecule has 0 spiro atoms. The lowest BCUT2D eigenvalue weighted by atomic mass is 10.0. The summed E-state index contributed by atoms with van der Waals surface area (Å²) in [5, 5.41) is 29.0. The average Bonchev–Trinajstić information content (AvgIpc) is 2.98. The Morgan fingerprint density at radius 2 is 0.795 bits per heavy atom. The number of nitrogens with zero attached hydrogens (tertiary/aromatic N) is 1. The zero-order chi connectivity index (χ0) is 32.6. The molecule has 258 valence electrons. The first-order valence-corrected chi connectivity index (χ1v) is 18.4. The van der Waals surface area contributed by atoms with Crippen molar-refractivity contribution in [3.05, 3.63) is 12.2 Å². The molecule has 7 nitrogen and oxygen atoms in total. The van der Waals surface area contributed by atoms with Gasteiger partial charge in [-0.2, -0.15) is 0 Å². The van der Waals surface area contributed by atoms with E-state index in [9.17, 15) is 19.5 Å². The van der Waals surface area contributed by atoms with E-state index < -0.39 is 17.9 Å². The number of aliphatic carboxylic acids is 3. The van der Waals surface area contributed by atoms with Gasteiger partial charge in [0.15, 0.2) is 0 Å². The minimum Gasteiger partial charge on any atom is -0.550 e. The van der Waals surface area contributed by atoms with Crippen molar-refractivity contribution in [1.82, 2.24) is 0 Å². The highest BCUT2D eigenvalue weighted by atomic mass is 16.4. The molecule has 0 rings (SSSR count). The predicted molar refractivity (Wildman–Crippen MR) is 179 cm³/mol. The standard InChI is InChI=1S/C37H69NO6/c1-2-3-4-5-6-7-8-9-10-11-12-13-14-15-16-17-18-19-20-24-31-38(32-25-21-28-35(39)40,33-26-22-29-36(41)42)34-27-23-30-37(43)44/h15-16H,2-14,17-34H2,1H3,(H2-,39,40,41,42,43,44)/b16-15+. The fraction of sp³-hybridized carbons (Fsp3) is 0.865. The van der Waals surface area contributed by atoms with Crippen LogP contribution >= 0.6 is 0 Å². The Bertz CT molecular complexity index is 668. The van der Waals surface area contributed by atoms with Gasteiger partial charge in [0, 0.05) is 18.8 Å². The van der Waals surface area contributed by atoms with Crippen LogP contribution in [0.1, 0.15) is 180 Å². The van der Waals surface area contributed by atoms with Gasteiger partial charge in [0.25, 0.3) is 0 Å². The average molecular weight is 624 g/mol. The quantitative estimate of drug-likeness (QED) is 0.0414. The molecule has 0 aliphatic carbocycles. The van der Waals surface area contributed by atoms with Crippen LogP contribution < -0.4 is 5.11 Å². The van der Waals surface area contributed by atoms with Crippen LogP contribution in [0.15, 0.2) is 12.2 Å². The van der Waals surface area contributed by atoms with Crippen LogP contribution in [0.25, 0.3) is 0 Å². The van der Waals surface area contributed by atoms with Crippen molar-refractivity contribution in [2.45, 2.75) is 180 Å². The number of hydrogen-bond donors (Lipinski definition) is 2. The van der Waals surface area contributed by atoms with E-state index >= 15 is 0 Å². The zero-order valence-corrected chi connectivity index (χ0v) is 28.5. The normalized spacial score (nSPS) is 11.8. The monoisotopic (exact) mass is 624 g/mol. The molecule has 2 N–H and O–H groups in total. The molecule has 7 heteroatoms. The summed E-state index contributed by atoms with van der Waals surface area (Å²) in [6.07, 6.45) is 32.9. The van der Waals surface area contributed by atoms with Gasteiger partial charge >= 0.3 is 11.9 Å². The number of allylic oxidation sites excluding steroid dienone is 2. The number of carboxylic acids is 3. The molecule has 0 unspecified atom stereocenters. The Labute approximate surface area is 270 Å². The molecule has 0 aliphatic heterocycles. The van der Waals surface area contributed by atoms with Gasteiger partial charge in [0.1, 0.15) is 0 Å². The van der Waals surface area contributed by atoms with E-state index in [1.165, 1.54) is 96.3 Å². The van der Waals surface area contributed by atoms with Crippen LogP contribution in [0.2, 0.25) is 0 Å².